The Morgan fingerprint density at radius 3 is 2.33 bits per heavy atom. The van der Waals surface area contributed by atoms with Crippen LogP contribution in [0.4, 0.5) is 20.6 Å². The van der Waals surface area contributed by atoms with Crippen molar-refractivity contribution < 1.29 is 41.8 Å². The van der Waals surface area contributed by atoms with Crippen LogP contribution in [0, 0.1) is 5.82 Å². The van der Waals surface area contributed by atoms with Crippen molar-refractivity contribution in [2.75, 3.05) is 31.4 Å². The number of carbonyl (C=O) groups excluding carboxylic acids is 2. The predicted octanol–water partition coefficient (Wildman–Crippen LogP) is 4.73. The highest BCUT2D eigenvalue weighted by Gasteiger charge is 2.38. The summed E-state index contributed by atoms with van der Waals surface area (Å²) in [5.41, 5.74) is 6.20. The molecule has 0 spiro atoms. The molecule has 1 saturated heterocycles. The molecule has 45 heavy (non-hydrogen) atoms. The number of nitrogens with two attached hydrogens (primary N) is 1. The second-order valence-electron chi connectivity index (χ2n) is 10.8. The summed E-state index contributed by atoms with van der Waals surface area (Å²) in [5.74, 6) is -1.38. The number of nitrogens with zero attached hydrogens (tertiary/aromatic N) is 1. The molecule has 1 aliphatic rings. The lowest BCUT2D eigenvalue weighted by atomic mass is 10.0. The average molecular weight is 643 g/mol. The second kappa shape index (κ2) is 13.4. The van der Waals surface area contributed by atoms with Crippen molar-refractivity contribution in [1.82, 2.24) is 4.90 Å². The number of halogens is 1. The Morgan fingerprint density at radius 2 is 1.71 bits per heavy atom. The van der Waals surface area contributed by atoms with Gasteiger partial charge in [-0.25, -0.2) is 17.6 Å². The van der Waals surface area contributed by atoms with E-state index in [1.807, 2.05) is 0 Å². The number of primary amides is 1. The lowest BCUT2D eigenvalue weighted by molar-refractivity contribution is -0.133. The van der Waals surface area contributed by atoms with Gasteiger partial charge in [0.15, 0.2) is 21.3 Å². The van der Waals surface area contributed by atoms with Gasteiger partial charge in [-0.3, -0.25) is 14.9 Å². The molecule has 1 heterocycles. The van der Waals surface area contributed by atoms with Crippen LogP contribution >= 0.6 is 0 Å². The summed E-state index contributed by atoms with van der Waals surface area (Å²) in [6.45, 7) is 3.33. The van der Waals surface area contributed by atoms with Gasteiger partial charge >= 0.3 is 6.09 Å². The zero-order valence-electron chi connectivity index (χ0n) is 25.2. The highest BCUT2D eigenvalue weighted by molar-refractivity contribution is 7.92. The van der Waals surface area contributed by atoms with Gasteiger partial charge in [-0.15, -0.1) is 0 Å². The van der Waals surface area contributed by atoms with E-state index < -0.39 is 50.9 Å². The largest absolute Gasteiger partial charge is 0.493 e. The van der Waals surface area contributed by atoms with E-state index in [0.717, 1.165) is 12.1 Å². The molecule has 0 saturated carbocycles. The molecule has 4 rings (SSSR count). The Balaban J connectivity index is 1.84. The topological polar surface area (TPSA) is 177 Å². The molecular weight excluding hydrogens is 607 g/mol. The van der Waals surface area contributed by atoms with Crippen LogP contribution in [0.1, 0.15) is 60.3 Å². The SMILES string of the molecule is COc1ccc(C(Nc2cc(F)cc(C(N)=O)c2)C(=O)N2CCCC2c2cc(NC(=O)O)ccc2S(=O)(=O)C(C)C)cc1OC. The van der Waals surface area contributed by atoms with Crippen LogP contribution < -0.4 is 25.8 Å². The van der Waals surface area contributed by atoms with E-state index in [9.17, 15) is 32.3 Å². The first-order valence-electron chi connectivity index (χ1n) is 14.0. The van der Waals surface area contributed by atoms with Gasteiger partial charge in [-0.2, -0.15) is 0 Å². The number of carbonyl (C=O) groups is 3. The van der Waals surface area contributed by atoms with Gasteiger partial charge in [0.25, 0.3) is 0 Å². The van der Waals surface area contributed by atoms with Crippen LogP contribution in [0.25, 0.3) is 0 Å². The average Bonchev–Trinajstić information content (AvgIpc) is 3.48. The third-order valence-corrected chi connectivity index (χ3v) is 9.79. The summed E-state index contributed by atoms with van der Waals surface area (Å²) in [5, 5.41) is 13.8. The fourth-order valence-electron chi connectivity index (χ4n) is 5.34. The van der Waals surface area contributed by atoms with E-state index >= 15 is 0 Å². The maximum Gasteiger partial charge on any atom is 0.409 e. The van der Waals surface area contributed by atoms with Crippen molar-refractivity contribution >= 4 is 39.1 Å². The van der Waals surface area contributed by atoms with Crippen LogP contribution in [0.2, 0.25) is 0 Å². The zero-order chi connectivity index (χ0) is 33.1. The van der Waals surface area contributed by atoms with Crippen molar-refractivity contribution in [2.45, 2.75) is 48.9 Å². The number of hydrogen-bond donors (Lipinski definition) is 4. The summed E-state index contributed by atoms with van der Waals surface area (Å²) in [4.78, 5) is 39.2. The van der Waals surface area contributed by atoms with E-state index in [4.69, 9.17) is 15.2 Å². The summed E-state index contributed by atoms with van der Waals surface area (Å²) in [7, 11) is -0.946. The molecule has 2 unspecified atom stereocenters. The van der Waals surface area contributed by atoms with Crippen LogP contribution in [-0.2, 0) is 14.6 Å². The number of sulfone groups is 1. The zero-order valence-corrected chi connectivity index (χ0v) is 26.0. The minimum atomic E-state index is -3.84. The van der Waals surface area contributed by atoms with Gasteiger partial charge in [-0.1, -0.05) is 6.07 Å². The van der Waals surface area contributed by atoms with Crippen molar-refractivity contribution in [1.29, 1.82) is 0 Å². The number of carboxylic acid groups (broad SMARTS) is 1. The number of nitrogens with one attached hydrogen (secondary N) is 2. The van der Waals surface area contributed by atoms with Crippen LogP contribution in [0.5, 0.6) is 11.5 Å². The van der Waals surface area contributed by atoms with E-state index in [1.54, 1.807) is 18.2 Å². The number of methoxy groups -OCH3 is 2. The number of rotatable bonds is 11. The van der Waals surface area contributed by atoms with Gasteiger partial charge in [0.2, 0.25) is 11.8 Å². The van der Waals surface area contributed by atoms with Gasteiger partial charge < -0.3 is 30.5 Å². The third-order valence-electron chi connectivity index (χ3n) is 7.56. The summed E-state index contributed by atoms with van der Waals surface area (Å²) < 4.78 is 52.1. The quantitative estimate of drug-likeness (QED) is 0.230. The molecule has 2 atom stereocenters. The van der Waals surface area contributed by atoms with Crippen molar-refractivity contribution in [2.24, 2.45) is 5.73 Å². The minimum absolute atomic E-state index is 0.00926. The number of benzene rings is 3. The summed E-state index contributed by atoms with van der Waals surface area (Å²) in [6, 6.07) is 10.5. The molecular formula is C31H35FN4O8S. The maximum absolute atomic E-state index is 14.5. The third kappa shape index (κ3) is 7.11. The van der Waals surface area contributed by atoms with Gasteiger partial charge in [0.05, 0.1) is 30.4 Å². The lowest BCUT2D eigenvalue weighted by Gasteiger charge is -2.32. The molecule has 3 aromatic carbocycles. The molecule has 0 aromatic heterocycles. The van der Waals surface area contributed by atoms with Gasteiger partial charge in [0, 0.05) is 23.5 Å². The van der Waals surface area contributed by atoms with Crippen molar-refractivity contribution in [3.8, 4) is 11.5 Å². The monoisotopic (exact) mass is 642 g/mol. The highest BCUT2D eigenvalue weighted by atomic mass is 32.2. The molecule has 1 aliphatic heterocycles. The Hall–Kier alpha value is -4.85. The molecule has 14 heteroatoms. The van der Waals surface area contributed by atoms with Gasteiger partial charge in [-0.05, 0) is 86.3 Å². The van der Waals surface area contributed by atoms with E-state index in [2.05, 4.69) is 10.6 Å². The van der Waals surface area contributed by atoms with Crippen LogP contribution in [-0.4, -0.2) is 62.3 Å². The molecule has 1 fully saturated rings. The number of hydrogen-bond acceptors (Lipinski definition) is 8. The second-order valence-corrected chi connectivity index (χ2v) is 13.2. The normalized spacial score (nSPS) is 15.4. The Morgan fingerprint density at radius 1 is 1.00 bits per heavy atom. The molecule has 5 N–H and O–H groups in total. The van der Waals surface area contributed by atoms with E-state index in [-0.39, 0.29) is 33.9 Å². The van der Waals surface area contributed by atoms with Crippen LogP contribution in [0.15, 0.2) is 59.5 Å². The lowest BCUT2D eigenvalue weighted by Crippen LogP contribution is -2.38. The first-order valence-corrected chi connectivity index (χ1v) is 15.6. The van der Waals surface area contributed by atoms with E-state index in [1.165, 1.54) is 57.2 Å². The minimum Gasteiger partial charge on any atom is -0.493 e. The number of ether oxygens (including phenoxy) is 2. The number of anilines is 2. The Bertz CT molecular complexity index is 1730. The summed E-state index contributed by atoms with van der Waals surface area (Å²) in [6.07, 6.45) is -0.408. The first kappa shape index (κ1) is 33.1. The van der Waals surface area contributed by atoms with Crippen molar-refractivity contribution in [3.63, 3.8) is 0 Å². The Kier molecular flexibility index (Phi) is 9.86. The number of likely N-dealkylation sites (tertiary alicyclic amines) is 1. The molecule has 3 amide bonds. The molecule has 0 radical (unpaired) electrons. The van der Waals surface area contributed by atoms with Gasteiger partial charge in [0.1, 0.15) is 11.9 Å². The molecule has 240 valence electrons. The predicted molar refractivity (Wildman–Crippen MR) is 165 cm³/mol. The highest BCUT2D eigenvalue weighted by Crippen LogP contribution is 2.41. The molecule has 0 aliphatic carbocycles. The maximum atomic E-state index is 14.5. The number of amides is 3. The molecule has 3 aromatic rings. The Labute approximate surface area is 260 Å². The van der Waals surface area contributed by atoms with E-state index in [0.29, 0.717) is 29.9 Å². The fraction of sp³-hybridized carbons (Fsp3) is 0.323. The van der Waals surface area contributed by atoms with Crippen molar-refractivity contribution in [3.05, 3.63) is 77.1 Å². The molecule has 0 bridgehead atoms. The smallest absolute Gasteiger partial charge is 0.409 e. The van der Waals surface area contributed by atoms with Crippen LogP contribution in [0.3, 0.4) is 0 Å². The standard InChI is InChI=1S/C31H35FN4O8S/c1-17(2)45(41,42)27-10-8-21(35-31(39)40)16-23(27)24-6-5-11-36(24)30(38)28(18-7-9-25(43-3)26(14-18)44-4)34-22-13-19(29(33)37)12-20(32)15-22/h7-10,12-17,24,28,34-35H,5-6,11H2,1-4H3,(H2,33,37)(H,39,40). The summed E-state index contributed by atoms with van der Waals surface area (Å²) >= 11 is 0. The fourth-order valence-corrected chi connectivity index (χ4v) is 6.63. The molecule has 12 nitrogen and oxygen atoms in total. The first-order chi connectivity index (χ1) is 21.3.